The second-order valence-electron chi connectivity index (χ2n) is 7.50. The zero-order valence-corrected chi connectivity index (χ0v) is 15.7. The predicted octanol–water partition coefficient (Wildman–Crippen LogP) is 0.656. The Morgan fingerprint density at radius 3 is 2.81 bits per heavy atom. The molecular formula is C19H30N4O3. The molecule has 1 aliphatic heterocycles. The van der Waals surface area contributed by atoms with Gasteiger partial charge >= 0.3 is 0 Å². The van der Waals surface area contributed by atoms with Crippen molar-refractivity contribution < 1.29 is 14.6 Å². The van der Waals surface area contributed by atoms with Crippen LogP contribution in [0, 0.1) is 5.92 Å². The summed E-state index contributed by atoms with van der Waals surface area (Å²) in [5.74, 6) is 0.845. The quantitative estimate of drug-likeness (QED) is 0.774. The van der Waals surface area contributed by atoms with E-state index >= 15 is 0 Å². The lowest BCUT2D eigenvalue weighted by Crippen LogP contribution is -2.45. The van der Waals surface area contributed by atoms with Gasteiger partial charge in [0.1, 0.15) is 0 Å². The van der Waals surface area contributed by atoms with E-state index in [1.165, 1.54) is 0 Å². The van der Waals surface area contributed by atoms with Gasteiger partial charge in [0.15, 0.2) is 0 Å². The molecule has 144 valence electrons. The van der Waals surface area contributed by atoms with Crippen LogP contribution >= 0.6 is 0 Å². The van der Waals surface area contributed by atoms with E-state index in [0.29, 0.717) is 25.3 Å². The van der Waals surface area contributed by atoms with Gasteiger partial charge in [0.2, 0.25) is 11.8 Å². The molecule has 0 bridgehead atoms. The Bertz CT molecular complexity index is 589. The smallest absolute Gasteiger partial charge is 0.234 e. The Morgan fingerprint density at radius 1 is 1.35 bits per heavy atom. The Morgan fingerprint density at radius 2 is 2.15 bits per heavy atom. The topological polar surface area (TPSA) is 77.9 Å². The molecule has 1 aliphatic carbocycles. The van der Waals surface area contributed by atoms with Crippen molar-refractivity contribution in [2.75, 3.05) is 46.9 Å². The fourth-order valence-corrected chi connectivity index (χ4v) is 3.75. The third-order valence-electron chi connectivity index (χ3n) is 5.44. The first-order chi connectivity index (χ1) is 12.5. The molecule has 1 atom stereocenters. The first-order valence-electron chi connectivity index (χ1n) is 9.43. The summed E-state index contributed by atoms with van der Waals surface area (Å²) >= 11 is 0. The summed E-state index contributed by atoms with van der Waals surface area (Å²) in [5, 5.41) is 12.9. The third kappa shape index (κ3) is 4.93. The van der Waals surface area contributed by atoms with Crippen molar-refractivity contribution in [2.45, 2.75) is 31.4 Å². The first-order valence-corrected chi connectivity index (χ1v) is 9.43. The maximum Gasteiger partial charge on any atom is 0.234 e. The lowest BCUT2D eigenvalue weighted by atomic mass is 9.75. The summed E-state index contributed by atoms with van der Waals surface area (Å²) in [6.07, 6.45) is 4.02. The zero-order valence-electron chi connectivity index (χ0n) is 15.7. The Balaban J connectivity index is 1.62. The van der Waals surface area contributed by atoms with Gasteiger partial charge in [0.05, 0.1) is 25.8 Å². The van der Waals surface area contributed by atoms with E-state index in [2.05, 4.69) is 27.1 Å². The van der Waals surface area contributed by atoms with Crippen LogP contribution in [0.3, 0.4) is 0 Å². The minimum Gasteiger partial charge on any atom is -0.481 e. The van der Waals surface area contributed by atoms with Gasteiger partial charge in [-0.2, -0.15) is 0 Å². The van der Waals surface area contributed by atoms with Crippen LogP contribution in [0.5, 0.6) is 5.88 Å². The lowest BCUT2D eigenvalue weighted by molar-refractivity contribution is -0.124. The number of methoxy groups -OCH3 is 1. The molecule has 0 aromatic carbocycles. The molecule has 1 amide bonds. The van der Waals surface area contributed by atoms with Crippen LogP contribution in [0.1, 0.15) is 30.9 Å². The molecule has 3 rings (SSSR count). The van der Waals surface area contributed by atoms with Crippen molar-refractivity contribution in [3.63, 3.8) is 0 Å². The highest BCUT2D eigenvalue weighted by Gasteiger charge is 2.36. The number of amides is 1. The van der Waals surface area contributed by atoms with E-state index in [9.17, 15) is 9.90 Å². The maximum atomic E-state index is 12.7. The SMILES string of the molecule is COc1ccc([C@H](NC(=O)CN2CCCN(C)CC2)C2CC(O)C2)cn1. The second-order valence-corrected chi connectivity index (χ2v) is 7.50. The monoisotopic (exact) mass is 362 g/mol. The van der Waals surface area contributed by atoms with E-state index in [1.54, 1.807) is 13.3 Å². The average molecular weight is 362 g/mol. The van der Waals surface area contributed by atoms with Gasteiger partial charge in [-0.1, -0.05) is 6.07 Å². The van der Waals surface area contributed by atoms with Crippen LogP contribution in [-0.2, 0) is 4.79 Å². The Kier molecular flexibility index (Phi) is 6.45. The van der Waals surface area contributed by atoms with Gasteiger partial charge in [-0.15, -0.1) is 0 Å². The van der Waals surface area contributed by atoms with Gasteiger partial charge in [-0.3, -0.25) is 9.69 Å². The molecule has 1 saturated carbocycles. The summed E-state index contributed by atoms with van der Waals surface area (Å²) in [7, 11) is 3.71. The van der Waals surface area contributed by atoms with Gasteiger partial charge in [-0.05, 0) is 50.9 Å². The number of likely N-dealkylation sites (N-methyl/N-ethyl adjacent to an activating group) is 1. The number of ether oxygens (including phenoxy) is 1. The molecule has 2 heterocycles. The highest BCUT2D eigenvalue weighted by Crippen LogP contribution is 2.38. The largest absolute Gasteiger partial charge is 0.481 e. The molecule has 2 aliphatic rings. The molecule has 1 aromatic heterocycles. The molecule has 1 saturated heterocycles. The number of hydrogen-bond donors (Lipinski definition) is 2. The minimum atomic E-state index is -0.258. The number of hydrogen-bond acceptors (Lipinski definition) is 6. The second kappa shape index (κ2) is 8.79. The van der Waals surface area contributed by atoms with E-state index in [4.69, 9.17) is 4.74 Å². The van der Waals surface area contributed by atoms with Crippen molar-refractivity contribution in [2.24, 2.45) is 5.92 Å². The molecule has 1 aromatic rings. The summed E-state index contributed by atoms with van der Waals surface area (Å²) in [4.78, 5) is 21.5. The Labute approximate surface area is 155 Å². The summed E-state index contributed by atoms with van der Waals surface area (Å²) in [6.45, 7) is 4.37. The fourth-order valence-electron chi connectivity index (χ4n) is 3.75. The predicted molar refractivity (Wildman–Crippen MR) is 99.0 cm³/mol. The molecular weight excluding hydrogens is 332 g/mol. The average Bonchev–Trinajstić information content (AvgIpc) is 2.82. The standard InChI is InChI=1S/C19H30N4O3/c1-22-6-3-7-23(9-8-22)13-17(25)21-19(15-10-16(24)11-15)14-4-5-18(26-2)20-12-14/h4-5,12,15-16,19,24H,3,6-11,13H2,1-2H3,(H,21,25)/t15?,16?,19-/m0/s1. The zero-order chi connectivity index (χ0) is 18.5. The van der Waals surface area contributed by atoms with Crippen molar-refractivity contribution in [1.29, 1.82) is 0 Å². The number of nitrogens with zero attached hydrogens (tertiary/aromatic N) is 3. The van der Waals surface area contributed by atoms with Crippen LogP contribution < -0.4 is 10.1 Å². The van der Waals surface area contributed by atoms with Gasteiger partial charge < -0.3 is 20.1 Å². The number of carbonyl (C=O) groups is 1. The van der Waals surface area contributed by atoms with Crippen molar-refractivity contribution >= 4 is 5.91 Å². The minimum absolute atomic E-state index is 0.0387. The number of nitrogens with one attached hydrogen (secondary N) is 1. The van der Waals surface area contributed by atoms with E-state index < -0.39 is 0 Å². The van der Waals surface area contributed by atoms with Crippen LogP contribution in [0.15, 0.2) is 18.3 Å². The van der Waals surface area contributed by atoms with Crippen molar-refractivity contribution in [3.8, 4) is 5.88 Å². The lowest BCUT2D eigenvalue weighted by Gasteiger charge is -2.38. The molecule has 7 nitrogen and oxygen atoms in total. The van der Waals surface area contributed by atoms with Crippen LogP contribution in [-0.4, -0.2) is 78.8 Å². The third-order valence-corrected chi connectivity index (χ3v) is 5.44. The normalized spacial score (nSPS) is 25.8. The highest BCUT2D eigenvalue weighted by atomic mass is 16.5. The molecule has 2 N–H and O–H groups in total. The maximum absolute atomic E-state index is 12.7. The van der Waals surface area contributed by atoms with Crippen LogP contribution in [0.4, 0.5) is 0 Å². The Hall–Kier alpha value is -1.70. The molecule has 26 heavy (non-hydrogen) atoms. The fraction of sp³-hybridized carbons (Fsp3) is 0.684. The van der Waals surface area contributed by atoms with Crippen LogP contribution in [0.25, 0.3) is 0 Å². The summed E-state index contributed by atoms with van der Waals surface area (Å²) < 4.78 is 5.12. The van der Waals surface area contributed by atoms with E-state index in [1.807, 2.05) is 12.1 Å². The number of carbonyl (C=O) groups excluding carboxylic acids is 1. The van der Waals surface area contributed by atoms with Crippen LogP contribution in [0.2, 0.25) is 0 Å². The van der Waals surface area contributed by atoms with E-state index in [0.717, 1.165) is 38.2 Å². The molecule has 2 fully saturated rings. The number of pyridine rings is 1. The summed E-state index contributed by atoms with van der Waals surface area (Å²) in [5.41, 5.74) is 0.964. The summed E-state index contributed by atoms with van der Waals surface area (Å²) in [6, 6.07) is 3.65. The molecule has 0 spiro atoms. The first kappa shape index (κ1) is 19.1. The number of aliphatic hydroxyl groups excluding tert-OH is 1. The molecule has 0 radical (unpaired) electrons. The molecule has 0 unspecified atom stereocenters. The van der Waals surface area contributed by atoms with Gasteiger partial charge in [-0.25, -0.2) is 4.98 Å². The number of rotatable bonds is 6. The van der Waals surface area contributed by atoms with Gasteiger partial charge in [0.25, 0.3) is 0 Å². The van der Waals surface area contributed by atoms with Gasteiger partial charge in [0, 0.05) is 25.4 Å². The van der Waals surface area contributed by atoms with Crippen molar-refractivity contribution in [3.05, 3.63) is 23.9 Å². The van der Waals surface area contributed by atoms with Crippen molar-refractivity contribution in [1.82, 2.24) is 20.1 Å². The number of aliphatic hydroxyl groups is 1. The molecule has 7 heteroatoms. The van der Waals surface area contributed by atoms with E-state index in [-0.39, 0.29) is 24.0 Å². The highest BCUT2D eigenvalue weighted by molar-refractivity contribution is 5.78. The number of aromatic nitrogens is 1.